The quantitative estimate of drug-likeness (QED) is 0.218. The number of rotatable bonds is 0. The third kappa shape index (κ3) is 1.68. The van der Waals surface area contributed by atoms with Gasteiger partial charge in [-0.25, -0.2) is 0 Å². The number of hydrogen-bond acceptors (Lipinski definition) is 2. The van der Waals surface area contributed by atoms with Crippen molar-refractivity contribution in [3.8, 4) is 0 Å². The number of fused-ring (bicyclic) bond motifs is 8. The first-order valence-electron chi connectivity index (χ1n) is 10.2. The maximum atomic E-state index is 2.44. The van der Waals surface area contributed by atoms with Crippen LogP contribution in [-0.2, 0) is 7.05 Å². The highest BCUT2D eigenvalue weighted by Gasteiger charge is 2.21. The molecule has 3 heterocycles. The van der Waals surface area contributed by atoms with E-state index in [4.69, 9.17) is 0 Å². The molecule has 3 aromatic heterocycles. The Morgan fingerprint density at radius 3 is 2.03 bits per heavy atom. The summed E-state index contributed by atoms with van der Waals surface area (Å²) in [5.74, 6) is 0. The minimum Gasteiger partial charge on any atom is -0.342 e. The van der Waals surface area contributed by atoms with E-state index < -0.39 is 0 Å². The molecule has 0 fully saturated rings. The molecule has 5 aromatic carbocycles. The number of thiophene rings is 2. The monoisotopic (exact) mass is 417 g/mol. The zero-order valence-electron chi connectivity index (χ0n) is 16.2. The topological polar surface area (TPSA) is 4.93 Å². The molecule has 3 heteroatoms. The highest BCUT2D eigenvalue weighted by molar-refractivity contribution is 7.27. The van der Waals surface area contributed by atoms with Gasteiger partial charge in [0.15, 0.2) is 0 Å². The van der Waals surface area contributed by atoms with Gasteiger partial charge in [-0.15, -0.1) is 22.7 Å². The van der Waals surface area contributed by atoms with E-state index in [0.717, 1.165) is 0 Å². The number of hydrogen-bond donors (Lipinski definition) is 0. The summed E-state index contributed by atoms with van der Waals surface area (Å²) < 4.78 is 7.99. The average molecular weight is 418 g/mol. The van der Waals surface area contributed by atoms with Gasteiger partial charge in [-0.2, -0.15) is 0 Å². The summed E-state index contributed by atoms with van der Waals surface area (Å²) in [6.45, 7) is 0. The van der Waals surface area contributed by atoms with Crippen molar-refractivity contribution in [3.63, 3.8) is 0 Å². The number of benzene rings is 5. The van der Waals surface area contributed by atoms with Crippen LogP contribution in [0.2, 0.25) is 0 Å². The molecule has 0 radical (unpaired) electrons. The van der Waals surface area contributed by atoms with Crippen LogP contribution in [0.5, 0.6) is 0 Å². The Kier molecular flexibility index (Phi) is 2.67. The molecule has 0 bridgehead atoms. The largest absolute Gasteiger partial charge is 0.342 e. The third-order valence-corrected chi connectivity index (χ3v) is 9.15. The molecule has 0 aliphatic heterocycles. The van der Waals surface area contributed by atoms with Crippen molar-refractivity contribution in [2.45, 2.75) is 0 Å². The molecule has 0 saturated carbocycles. The molecule has 0 aliphatic carbocycles. The second-order valence-corrected chi connectivity index (χ2v) is 10.3. The zero-order chi connectivity index (χ0) is 19.6. The Labute approximate surface area is 179 Å². The standard InChI is InChI=1S/C27H15NS2/c1-28-20-13-19-16-7-3-4-8-21(16)29-26(19)17-11-10-14-12-18-15-6-2-5-9-22(15)30-27(18)25(28)23(14)24(17)20/h2-13H,1H3. The van der Waals surface area contributed by atoms with Gasteiger partial charge < -0.3 is 4.57 Å². The summed E-state index contributed by atoms with van der Waals surface area (Å²) in [5.41, 5.74) is 2.72. The van der Waals surface area contributed by atoms with Crippen LogP contribution in [-0.4, -0.2) is 4.57 Å². The van der Waals surface area contributed by atoms with Crippen LogP contribution in [0.15, 0.2) is 72.8 Å². The summed E-state index contributed by atoms with van der Waals surface area (Å²) >= 11 is 3.85. The van der Waals surface area contributed by atoms with Crippen LogP contribution in [0.25, 0.3) is 72.9 Å². The van der Waals surface area contributed by atoms with Crippen molar-refractivity contribution >= 4 is 95.6 Å². The van der Waals surface area contributed by atoms with Gasteiger partial charge in [0, 0.05) is 58.9 Å². The van der Waals surface area contributed by atoms with Gasteiger partial charge >= 0.3 is 0 Å². The predicted molar refractivity (Wildman–Crippen MR) is 135 cm³/mol. The van der Waals surface area contributed by atoms with Gasteiger partial charge in [0.1, 0.15) is 0 Å². The first kappa shape index (κ1) is 15.7. The maximum absolute atomic E-state index is 2.44. The van der Waals surface area contributed by atoms with Crippen LogP contribution >= 0.6 is 22.7 Å². The predicted octanol–water partition coefficient (Wildman–Crippen LogP) is 8.66. The van der Waals surface area contributed by atoms with Crippen molar-refractivity contribution in [1.82, 2.24) is 4.57 Å². The normalized spacial score (nSPS) is 12.8. The number of nitrogens with zero attached hydrogens (tertiary/aromatic N) is 1. The zero-order valence-corrected chi connectivity index (χ0v) is 17.8. The van der Waals surface area contributed by atoms with Gasteiger partial charge in [0.25, 0.3) is 0 Å². The summed E-state index contributed by atoms with van der Waals surface area (Å²) in [6.07, 6.45) is 0. The average Bonchev–Trinajstić information content (AvgIpc) is 3.43. The summed E-state index contributed by atoms with van der Waals surface area (Å²) in [5, 5.41) is 11.1. The van der Waals surface area contributed by atoms with Gasteiger partial charge in [-0.3, -0.25) is 0 Å². The van der Waals surface area contributed by atoms with Gasteiger partial charge in [0.05, 0.1) is 15.7 Å². The van der Waals surface area contributed by atoms with Crippen LogP contribution in [0.3, 0.4) is 0 Å². The lowest BCUT2D eigenvalue weighted by atomic mass is 9.98. The smallest absolute Gasteiger partial charge is 0.0676 e. The third-order valence-electron chi connectivity index (χ3n) is 6.74. The number of aromatic nitrogens is 1. The Morgan fingerprint density at radius 1 is 0.600 bits per heavy atom. The summed E-state index contributed by atoms with van der Waals surface area (Å²) in [4.78, 5) is 0. The fourth-order valence-corrected chi connectivity index (χ4v) is 7.91. The molecule has 0 N–H and O–H groups in total. The lowest BCUT2D eigenvalue weighted by molar-refractivity contribution is 1.02. The second-order valence-electron chi connectivity index (χ2n) is 8.22. The van der Waals surface area contributed by atoms with Gasteiger partial charge in [-0.1, -0.05) is 48.5 Å². The molecule has 0 spiro atoms. The lowest BCUT2D eigenvalue weighted by Crippen LogP contribution is -1.86. The van der Waals surface area contributed by atoms with Crippen molar-refractivity contribution in [1.29, 1.82) is 0 Å². The van der Waals surface area contributed by atoms with Crippen molar-refractivity contribution < 1.29 is 0 Å². The first-order chi connectivity index (χ1) is 14.8. The molecule has 0 amide bonds. The fourth-order valence-electron chi connectivity index (χ4n) is 5.43. The molecular weight excluding hydrogens is 402 g/mol. The molecule has 0 saturated heterocycles. The molecule has 1 nitrogen and oxygen atoms in total. The van der Waals surface area contributed by atoms with E-state index in [-0.39, 0.29) is 0 Å². The minimum atomic E-state index is 1.34. The van der Waals surface area contributed by atoms with Crippen LogP contribution < -0.4 is 0 Å². The molecular formula is C27H15NS2. The van der Waals surface area contributed by atoms with Crippen LogP contribution in [0, 0.1) is 0 Å². The second kappa shape index (κ2) is 5.12. The molecule has 0 unspecified atom stereocenters. The van der Waals surface area contributed by atoms with Crippen molar-refractivity contribution in [2.24, 2.45) is 7.05 Å². The Hall–Kier alpha value is -3.14. The van der Waals surface area contributed by atoms with E-state index in [2.05, 4.69) is 84.4 Å². The number of aryl methyl sites for hydroxylation is 1. The van der Waals surface area contributed by atoms with Gasteiger partial charge in [-0.05, 0) is 29.7 Å². The van der Waals surface area contributed by atoms with Crippen molar-refractivity contribution in [3.05, 3.63) is 72.8 Å². The molecule has 8 aromatic rings. The highest BCUT2D eigenvalue weighted by atomic mass is 32.1. The van der Waals surface area contributed by atoms with Crippen LogP contribution in [0.1, 0.15) is 0 Å². The molecule has 30 heavy (non-hydrogen) atoms. The molecule has 140 valence electrons. The van der Waals surface area contributed by atoms with E-state index in [1.807, 2.05) is 22.7 Å². The maximum Gasteiger partial charge on any atom is 0.0676 e. The fraction of sp³-hybridized carbons (Fsp3) is 0.0370. The van der Waals surface area contributed by atoms with E-state index in [1.54, 1.807) is 0 Å². The Balaban J connectivity index is 1.71. The Bertz CT molecular complexity index is 1960. The van der Waals surface area contributed by atoms with Crippen LogP contribution in [0.4, 0.5) is 0 Å². The van der Waals surface area contributed by atoms with E-state index in [9.17, 15) is 0 Å². The first-order valence-corrected chi connectivity index (χ1v) is 11.8. The van der Waals surface area contributed by atoms with E-state index in [1.165, 1.54) is 72.9 Å². The Morgan fingerprint density at radius 2 is 1.27 bits per heavy atom. The van der Waals surface area contributed by atoms with Gasteiger partial charge in [0.2, 0.25) is 0 Å². The highest BCUT2D eigenvalue weighted by Crippen LogP contribution is 2.48. The summed E-state index contributed by atoms with van der Waals surface area (Å²) in [7, 11) is 2.24. The SMILES string of the molecule is Cn1c2cc3c4ccccc4sc3c3ccc4cc5c6ccccc6sc5c1c4c32. The molecule has 0 atom stereocenters. The van der Waals surface area contributed by atoms with E-state index in [0.29, 0.717) is 0 Å². The lowest BCUT2D eigenvalue weighted by Gasteiger charge is -2.04. The van der Waals surface area contributed by atoms with E-state index >= 15 is 0 Å². The summed E-state index contributed by atoms with van der Waals surface area (Å²) in [6, 6.07) is 27.1. The molecule has 8 rings (SSSR count). The molecule has 0 aliphatic rings. The minimum absolute atomic E-state index is 1.34. The van der Waals surface area contributed by atoms with Crippen molar-refractivity contribution in [2.75, 3.05) is 0 Å².